The van der Waals surface area contributed by atoms with Crippen molar-refractivity contribution in [3.05, 3.63) is 23.9 Å². The summed E-state index contributed by atoms with van der Waals surface area (Å²) in [5.41, 5.74) is 0.428. The van der Waals surface area contributed by atoms with E-state index in [0.29, 0.717) is 18.0 Å². The number of hydrogen-bond acceptors (Lipinski definition) is 5. The van der Waals surface area contributed by atoms with Crippen LogP contribution < -0.4 is 4.74 Å². The predicted octanol–water partition coefficient (Wildman–Crippen LogP) is 1.65. The van der Waals surface area contributed by atoms with E-state index in [2.05, 4.69) is 4.98 Å². The number of esters is 1. The highest BCUT2D eigenvalue weighted by atomic mass is 16.5. The maximum atomic E-state index is 12.7. The second-order valence-electron chi connectivity index (χ2n) is 4.99. The summed E-state index contributed by atoms with van der Waals surface area (Å²) in [4.78, 5) is 30.0. The third-order valence-corrected chi connectivity index (χ3v) is 3.71. The van der Waals surface area contributed by atoms with Gasteiger partial charge in [0, 0.05) is 18.8 Å². The van der Waals surface area contributed by atoms with E-state index in [4.69, 9.17) is 9.47 Å². The Kier molecular flexibility index (Phi) is 5.14. The quantitative estimate of drug-likeness (QED) is 0.789. The fraction of sp³-hybridized carbons (Fsp3) is 0.533. The average molecular weight is 292 g/mol. The van der Waals surface area contributed by atoms with E-state index in [1.807, 2.05) is 0 Å². The number of methoxy groups -OCH3 is 2. The molecule has 1 fully saturated rings. The van der Waals surface area contributed by atoms with Gasteiger partial charge in [-0.05, 0) is 31.4 Å². The summed E-state index contributed by atoms with van der Waals surface area (Å²) in [7, 11) is 2.85. The average Bonchev–Trinajstić information content (AvgIpc) is 2.54. The number of nitrogens with zero attached hydrogens (tertiary/aromatic N) is 2. The zero-order chi connectivity index (χ0) is 15.2. The Morgan fingerprint density at radius 3 is 2.90 bits per heavy atom. The van der Waals surface area contributed by atoms with Crippen LogP contribution in [-0.2, 0) is 9.53 Å². The molecular weight excluding hydrogens is 272 g/mol. The number of carbonyl (C=O) groups excluding carboxylic acids is 2. The molecule has 1 amide bonds. The number of carbonyl (C=O) groups is 2. The van der Waals surface area contributed by atoms with Crippen LogP contribution in [0.5, 0.6) is 5.88 Å². The number of aromatic nitrogens is 1. The lowest BCUT2D eigenvalue weighted by Gasteiger charge is -2.35. The van der Waals surface area contributed by atoms with Crippen LogP contribution in [-0.4, -0.2) is 48.6 Å². The molecule has 2 rings (SSSR count). The molecule has 0 aromatic carbocycles. The number of pyridine rings is 1. The van der Waals surface area contributed by atoms with Crippen molar-refractivity contribution >= 4 is 11.9 Å². The highest BCUT2D eigenvalue weighted by Gasteiger charge is 2.30. The first kappa shape index (κ1) is 15.3. The molecule has 0 saturated carbocycles. The van der Waals surface area contributed by atoms with E-state index < -0.39 is 0 Å². The predicted molar refractivity (Wildman–Crippen MR) is 76.1 cm³/mol. The van der Waals surface area contributed by atoms with Gasteiger partial charge in [-0.15, -0.1) is 0 Å². The molecule has 114 valence electrons. The normalized spacial score (nSPS) is 18.2. The van der Waals surface area contributed by atoms with Crippen LogP contribution in [0.2, 0.25) is 0 Å². The molecule has 1 saturated heterocycles. The second kappa shape index (κ2) is 7.06. The van der Waals surface area contributed by atoms with Crippen LogP contribution in [0, 0.1) is 0 Å². The highest BCUT2D eigenvalue weighted by Crippen LogP contribution is 2.25. The Morgan fingerprint density at radius 2 is 2.19 bits per heavy atom. The van der Waals surface area contributed by atoms with Crippen molar-refractivity contribution in [2.75, 3.05) is 20.8 Å². The molecular formula is C15H20N2O4. The monoisotopic (exact) mass is 292 g/mol. The molecule has 6 heteroatoms. The molecule has 2 heterocycles. The smallest absolute Gasteiger partial charge is 0.307 e. The standard InChI is InChI=1S/C15H20N2O4/c1-20-13(18)10-11-6-3-4-9-17(11)15(19)12-7-5-8-16-14(12)21-2/h5,7-8,11H,3-4,6,9-10H2,1-2H3. The van der Waals surface area contributed by atoms with Gasteiger partial charge in [-0.1, -0.05) is 0 Å². The van der Waals surface area contributed by atoms with Gasteiger partial charge >= 0.3 is 5.97 Å². The Hall–Kier alpha value is -2.11. The third kappa shape index (κ3) is 3.51. The van der Waals surface area contributed by atoms with Crippen molar-refractivity contribution in [3.8, 4) is 5.88 Å². The molecule has 1 aliphatic heterocycles. The molecule has 0 spiro atoms. The largest absolute Gasteiger partial charge is 0.480 e. The van der Waals surface area contributed by atoms with E-state index in [1.165, 1.54) is 14.2 Å². The molecule has 0 radical (unpaired) electrons. The van der Waals surface area contributed by atoms with E-state index >= 15 is 0 Å². The van der Waals surface area contributed by atoms with Crippen molar-refractivity contribution in [3.63, 3.8) is 0 Å². The first-order valence-electron chi connectivity index (χ1n) is 7.04. The van der Waals surface area contributed by atoms with Gasteiger partial charge in [-0.2, -0.15) is 0 Å². The van der Waals surface area contributed by atoms with Crippen LogP contribution in [0.3, 0.4) is 0 Å². The maximum Gasteiger partial charge on any atom is 0.307 e. The summed E-state index contributed by atoms with van der Waals surface area (Å²) >= 11 is 0. The fourth-order valence-corrected chi connectivity index (χ4v) is 2.63. The Bertz CT molecular complexity index is 518. The Morgan fingerprint density at radius 1 is 1.38 bits per heavy atom. The minimum atomic E-state index is -0.294. The van der Waals surface area contributed by atoms with E-state index in [9.17, 15) is 9.59 Å². The summed E-state index contributed by atoms with van der Waals surface area (Å²) in [6, 6.07) is 3.27. The highest BCUT2D eigenvalue weighted by molar-refractivity contribution is 5.96. The number of likely N-dealkylation sites (tertiary alicyclic amines) is 1. The molecule has 0 N–H and O–H groups in total. The van der Waals surface area contributed by atoms with Gasteiger partial charge in [0.25, 0.3) is 5.91 Å². The topological polar surface area (TPSA) is 68.7 Å². The Labute approximate surface area is 124 Å². The van der Waals surface area contributed by atoms with Gasteiger partial charge in [0.05, 0.1) is 20.6 Å². The van der Waals surface area contributed by atoms with Crippen molar-refractivity contribution < 1.29 is 19.1 Å². The summed E-state index contributed by atoms with van der Waals surface area (Å²) in [5, 5.41) is 0. The van der Waals surface area contributed by atoms with Crippen LogP contribution >= 0.6 is 0 Å². The van der Waals surface area contributed by atoms with Gasteiger partial charge < -0.3 is 14.4 Å². The minimum absolute atomic E-state index is 0.122. The molecule has 0 aliphatic carbocycles. The summed E-state index contributed by atoms with van der Waals surface area (Å²) in [5.74, 6) is -0.128. The zero-order valence-electron chi connectivity index (χ0n) is 12.4. The van der Waals surface area contributed by atoms with Gasteiger partial charge in [0.2, 0.25) is 5.88 Å². The van der Waals surface area contributed by atoms with E-state index in [1.54, 1.807) is 23.2 Å². The first-order chi connectivity index (χ1) is 10.2. The first-order valence-corrected chi connectivity index (χ1v) is 7.04. The zero-order valence-corrected chi connectivity index (χ0v) is 12.4. The molecule has 1 aromatic rings. The van der Waals surface area contributed by atoms with Crippen molar-refractivity contribution in [2.45, 2.75) is 31.7 Å². The lowest BCUT2D eigenvalue weighted by atomic mass is 9.98. The lowest BCUT2D eigenvalue weighted by molar-refractivity contribution is -0.142. The molecule has 1 aromatic heterocycles. The van der Waals surface area contributed by atoms with Gasteiger partial charge in [-0.3, -0.25) is 9.59 Å². The SMILES string of the molecule is COC(=O)CC1CCCCN1C(=O)c1cccnc1OC. The summed E-state index contributed by atoms with van der Waals surface area (Å²) < 4.78 is 9.86. The fourth-order valence-electron chi connectivity index (χ4n) is 2.63. The van der Waals surface area contributed by atoms with Crippen LogP contribution in [0.15, 0.2) is 18.3 Å². The van der Waals surface area contributed by atoms with Crippen LogP contribution in [0.1, 0.15) is 36.0 Å². The Balaban J connectivity index is 2.20. The summed E-state index contributed by atoms with van der Waals surface area (Å²) in [6.07, 6.45) is 4.56. The molecule has 1 aliphatic rings. The number of ether oxygens (including phenoxy) is 2. The van der Waals surface area contributed by atoms with E-state index in [-0.39, 0.29) is 24.3 Å². The lowest BCUT2D eigenvalue weighted by Crippen LogP contribution is -2.45. The van der Waals surface area contributed by atoms with Crippen LogP contribution in [0.25, 0.3) is 0 Å². The molecule has 21 heavy (non-hydrogen) atoms. The van der Waals surface area contributed by atoms with Crippen molar-refractivity contribution in [2.24, 2.45) is 0 Å². The second-order valence-corrected chi connectivity index (χ2v) is 4.99. The number of rotatable bonds is 4. The van der Waals surface area contributed by atoms with E-state index in [0.717, 1.165) is 19.3 Å². The number of piperidine rings is 1. The summed E-state index contributed by atoms with van der Waals surface area (Å²) in [6.45, 7) is 0.637. The maximum absolute atomic E-state index is 12.7. The van der Waals surface area contributed by atoms with Gasteiger partial charge in [-0.25, -0.2) is 4.98 Å². The molecule has 1 unspecified atom stereocenters. The minimum Gasteiger partial charge on any atom is -0.480 e. The number of amides is 1. The van der Waals surface area contributed by atoms with Crippen molar-refractivity contribution in [1.29, 1.82) is 0 Å². The molecule has 6 nitrogen and oxygen atoms in total. The van der Waals surface area contributed by atoms with Crippen molar-refractivity contribution in [1.82, 2.24) is 9.88 Å². The van der Waals surface area contributed by atoms with Crippen LogP contribution in [0.4, 0.5) is 0 Å². The number of hydrogen-bond donors (Lipinski definition) is 0. The van der Waals surface area contributed by atoms with Gasteiger partial charge in [0.1, 0.15) is 5.56 Å². The van der Waals surface area contributed by atoms with Gasteiger partial charge in [0.15, 0.2) is 0 Å². The third-order valence-electron chi connectivity index (χ3n) is 3.71. The molecule has 0 bridgehead atoms. The molecule has 1 atom stereocenters.